The van der Waals surface area contributed by atoms with E-state index in [-0.39, 0.29) is 6.03 Å². The molecule has 1 aliphatic heterocycles. The Morgan fingerprint density at radius 3 is 2.94 bits per heavy atom. The molecule has 0 saturated carbocycles. The maximum atomic E-state index is 11.4. The van der Waals surface area contributed by atoms with Crippen molar-refractivity contribution >= 4 is 12.0 Å². The smallest absolute Gasteiger partial charge is 0.320 e. The van der Waals surface area contributed by atoms with Crippen molar-refractivity contribution < 1.29 is 14.7 Å². The van der Waals surface area contributed by atoms with Gasteiger partial charge in [0.2, 0.25) is 0 Å². The van der Waals surface area contributed by atoms with Gasteiger partial charge in [-0.3, -0.25) is 4.79 Å². The van der Waals surface area contributed by atoms with Crippen LogP contribution in [0.1, 0.15) is 25.7 Å². The fraction of sp³-hybridized carbons (Fsp3) is 0.818. The van der Waals surface area contributed by atoms with E-state index in [0.29, 0.717) is 13.0 Å². The number of carboxylic acid groups (broad SMARTS) is 1. The van der Waals surface area contributed by atoms with Crippen molar-refractivity contribution in [3.05, 3.63) is 0 Å². The lowest BCUT2D eigenvalue weighted by molar-refractivity contribution is -0.139. The van der Waals surface area contributed by atoms with Gasteiger partial charge < -0.3 is 20.6 Å². The molecule has 1 aliphatic rings. The summed E-state index contributed by atoms with van der Waals surface area (Å²) in [4.78, 5) is 23.9. The third-order valence-corrected chi connectivity index (χ3v) is 2.99. The summed E-state index contributed by atoms with van der Waals surface area (Å²) in [7, 11) is 1.65. The number of carbonyl (C=O) groups excluding carboxylic acids is 1. The third-order valence-electron chi connectivity index (χ3n) is 2.99. The van der Waals surface area contributed by atoms with Crippen LogP contribution in [0.2, 0.25) is 0 Å². The maximum Gasteiger partial charge on any atom is 0.320 e. The van der Waals surface area contributed by atoms with Crippen LogP contribution in [0.4, 0.5) is 4.79 Å². The van der Waals surface area contributed by atoms with Crippen LogP contribution in [0.3, 0.4) is 0 Å². The normalized spacial score (nSPS) is 17.7. The van der Waals surface area contributed by atoms with Gasteiger partial charge in [-0.15, -0.1) is 0 Å². The van der Waals surface area contributed by atoms with E-state index in [1.54, 1.807) is 11.9 Å². The minimum absolute atomic E-state index is 0.000323. The number of urea groups is 1. The number of aliphatic carboxylic acids is 1. The van der Waals surface area contributed by atoms with Gasteiger partial charge in [0.1, 0.15) is 6.04 Å². The zero-order chi connectivity index (χ0) is 12.7. The molecule has 1 heterocycles. The van der Waals surface area contributed by atoms with Gasteiger partial charge in [0, 0.05) is 19.6 Å². The Morgan fingerprint density at radius 2 is 2.35 bits per heavy atom. The van der Waals surface area contributed by atoms with Gasteiger partial charge in [-0.25, -0.2) is 4.79 Å². The molecular formula is C11H21N3O3. The van der Waals surface area contributed by atoms with Crippen molar-refractivity contribution in [3.8, 4) is 0 Å². The predicted molar refractivity (Wildman–Crippen MR) is 63.9 cm³/mol. The highest BCUT2D eigenvalue weighted by Crippen LogP contribution is 2.05. The zero-order valence-electron chi connectivity index (χ0n) is 10.2. The number of nitrogens with zero attached hydrogens (tertiary/aromatic N) is 1. The third kappa shape index (κ3) is 4.60. The average Bonchev–Trinajstić information content (AvgIpc) is 2.31. The fourth-order valence-corrected chi connectivity index (χ4v) is 1.93. The van der Waals surface area contributed by atoms with Crippen molar-refractivity contribution in [3.63, 3.8) is 0 Å². The number of likely N-dealkylation sites (N-methyl/N-ethyl adjacent to an activating group) is 1. The van der Waals surface area contributed by atoms with Gasteiger partial charge in [0.05, 0.1) is 0 Å². The lowest BCUT2D eigenvalue weighted by atomic mass is 10.1. The van der Waals surface area contributed by atoms with E-state index in [0.717, 1.165) is 32.4 Å². The number of carbonyl (C=O) groups is 2. The first-order valence-corrected chi connectivity index (χ1v) is 6.08. The number of carboxylic acids is 1. The summed E-state index contributed by atoms with van der Waals surface area (Å²) in [6.45, 7) is 2.28. The molecule has 0 bridgehead atoms. The lowest BCUT2D eigenvalue weighted by Gasteiger charge is -2.27. The second-order valence-electron chi connectivity index (χ2n) is 4.25. The molecule has 0 aliphatic carbocycles. The van der Waals surface area contributed by atoms with Gasteiger partial charge >= 0.3 is 12.0 Å². The Balaban J connectivity index is 2.14. The van der Waals surface area contributed by atoms with E-state index >= 15 is 0 Å². The minimum Gasteiger partial charge on any atom is -0.480 e. The SMILES string of the molecule is CNC(CCCCN1CCCNC1=O)C(=O)O. The van der Waals surface area contributed by atoms with E-state index in [1.807, 2.05) is 0 Å². The molecule has 1 saturated heterocycles. The summed E-state index contributed by atoms with van der Waals surface area (Å²) in [5.74, 6) is -0.816. The summed E-state index contributed by atoms with van der Waals surface area (Å²) in [5, 5.41) is 14.4. The quantitative estimate of drug-likeness (QED) is 0.560. The van der Waals surface area contributed by atoms with E-state index in [1.165, 1.54) is 0 Å². The number of hydrogen-bond donors (Lipinski definition) is 3. The van der Waals surface area contributed by atoms with E-state index < -0.39 is 12.0 Å². The van der Waals surface area contributed by atoms with Crippen LogP contribution in [-0.2, 0) is 4.79 Å². The molecule has 0 aromatic heterocycles. The second-order valence-corrected chi connectivity index (χ2v) is 4.25. The number of rotatable bonds is 7. The minimum atomic E-state index is -0.816. The van der Waals surface area contributed by atoms with Crippen molar-refractivity contribution in [2.75, 3.05) is 26.7 Å². The number of hydrogen-bond acceptors (Lipinski definition) is 3. The highest BCUT2D eigenvalue weighted by Gasteiger charge is 2.17. The molecule has 0 spiro atoms. The summed E-state index contributed by atoms with van der Waals surface area (Å²) in [6, 6.07) is -0.482. The Kier molecular flexibility index (Phi) is 5.76. The van der Waals surface area contributed by atoms with Crippen LogP contribution in [0.5, 0.6) is 0 Å². The van der Waals surface area contributed by atoms with Crippen molar-refractivity contribution in [1.29, 1.82) is 0 Å². The second kappa shape index (κ2) is 7.11. The monoisotopic (exact) mass is 243 g/mol. The largest absolute Gasteiger partial charge is 0.480 e. The van der Waals surface area contributed by atoms with Crippen molar-refractivity contribution in [1.82, 2.24) is 15.5 Å². The van der Waals surface area contributed by atoms with Crippen LogP contribution >= 0.6 is 0 Å². The summed E-state index contributed by atoms with van der Waals surface area (Å²) < 4.78 is 0. The van der Waals surface area contributed by atoms with Gasteiger partial charge in [0.15, 0.2) is 0 Å². The summed E-state index contributed by atoms with van der Waals surface area (Å²) >= 11 is 0. The molecule has 1 rings (SSSR count). The Hall–Kier alpha value is -1.30. The number of nitrogens with one attached hydrogen (secondary N) is 2. The fourth-order valence-electron chi connectivity index (χ4n) is 1.93. The first kappa shape index (κ1) is 13.8. The van der Waals surface area contributed by atoms with Crippen LogP contribution in [0.25, 0.3) is 0 Å². The molecule has 1 unspecified atom stereocenters. The van der Waals surface area contributed by atoms with Crippen LogP contribution in [0.15, 0.2) is 0 Å². The van der Waals surface area contributed by atoms with Gasteiger partial charge in [-0.2, -0.15) is 0 Å². The van der Waals surface area contributed by atoms with Crippen LogP contribution in [-0.4, -0.2) is 54.7 Å². The first-order chi connectivity index (χ1) is 8.15. The Morgan fingerprint density at radius 1 is 1.59 bits per heavy atom. The zero-order valence-corrected chi connectivity index (χ0v) is 10.2. The molecule has 2 amide bonds. The van der Waals surface area contributed by atoms with Crippen LogP contribution < -0.4 is 10.6 Å². The number of amides is 2. The molecule has 0 aromatic carbocycles. The maximum absolute atomic E-state index is 11.4. The molecular weight excluding hydrogens is 222 g/mol. The average molecular weight is 243 g/mol. The molecule has 6 heteroatoms. The molecule has 6 nitrogen and oxygen atoms in total. The highest BCUT2D eigenvalue weighted by atomic mass is 16.4. The van der Waals surface area contributed by atoms with Crippen molar-refractivity contribution in [2.45, 2.75) is 31.7 Å². The first-order valence-electron chi connectivity index (χ1n) is 6.08. The van der Waals surface area contributed by atoms with E-state index in [4.69, 9.17) is 5.11 Å². The molecule has 98 valence electrons. The lowest BCUT2D eigenvalue weighted by Crippen LogP contribution is -2.46. The van der Waals surface area contributed by atoms with E-state index in [9.17, 15) is 9.59 Å². The Labute approximate surface area is 101 Å². The summed E-state index contributed by atoms with van der Waals surface area (Å²) in [5.41, 5.74) is 0. The summed E-state index contributed by atoms with van der Waals surface area (Å²) in [6.07, 6.45) is 3.24. The molecule has 17 heavy (non-hydrogen) atoms. The van der Waals surface area contributed by atoms with Gasteiger partial charge in [-0.1, -0.05) is 0 Å². The molecule has 3 N–H and O–H groups in total. The van der Waals surface area contributed by atoms with Gasteiger partial charge in [0.25, 0.3) is 0 Å². The number of unbranched alkanes of at least 4 members (excludes halogenated alkanes) is 1. The van der Waals surface area contributed by atoms with Crippen molar-refractivity contribution in [2.24, 2.45) is 0 Å². The highest BCUT2D eigenvalue weighted by molar-refractivity contribution is 5.74. The molecule has 1 fully saturated rings. The predicted octanol–water partition coefficient (Wildman–Crippen LogP) is 0.245. The molecule has 1 atom stereocenters. The Bertz CT molecular complexity index is 271. The van der Waals surface area contributed by atoms with Crippen LogP contribution in [0, 0.1) is 0 Å². The molecule has 0 radical (unpaired) electrons. The topological polar surface area (TPSA) is 81.7 Å². The standard InChI is InChI=1S/C11H21N3O3/c1-12-9(10(15)16)5-2-3-7-14-8-4-6-13-11(14)17/h9,12H,2-8H2,1H3,(H,13,17)(H,15,16). The molecule has 0 aromatic rings. The van der Waals surface area contributed by atoms with Gasteiger partial charge in [-0.05, 0) is 32.7 Å². The van der Waals surface area contributed by atoms with E-state index in [2.05, 4.69) is 10.6 Å².